The fourth-order valence-electron chi connectivity index (χ4n) is 3.85. The van der Waals surface area contributed by atoms with Crippen LogP contribution >= 0.6 is 0 Å². The summed E-state index contributed by atoms with van der Waals surface area (Å²) in [6, 6.07) is 21.6. The zero-order valence-electron chi connectivity index (χ0n) is 17.1. The van der Waals surface area contributed by atoms with Crippen LogP contribution in [0, 0.1) is 5.92 Å². The van der Waals surface area contributed by atoms with Crippen LogP contribution in [0.3, 0.4) is 0 Å². The van der Waals surface area contributed by atoms with E-state index < -0.39 is 5.54 Å². The quantitative estimate of drug-likeness (QED) is 0.641. The van der Waals surface area contributed by atoms with Crippen molar-refractivity contribution in [3.8, 4) is 0 Å². The largest absolute Gasteiger partial charge is 0.343 e. The van der Waals surface area contributed by atoms with Crippen molar-refractivity contribution in [2.45, 2.75) is 32.2 Å². The second kappa shape index (κ2) is 7.75. The Bertz CT molecular complexity index is 1130. The molecule has 0 aliphatic carbocycles. The van der Waals surface area contributed by atoms with E-state index in [1.807, 2.05) is 44.2 Å². The number of amides is 3. The maximum absolute atomic E-state index is 12.8. The molecule has 1 atom stereocenters. The van der Waals surface area contributed by atoms with Crippen LogP contribution in [-0.2, 0) is 21.5 Å². The van der Waals surface area contributed by atoms with Crippen LogP contribution in [0.15, 0.2) is 66.7 Å². The minimum absolute atomic E-state index is 0.159. The number of rotatable bonds is 5. The number of imide groups is 1. The molecule has 1 unspecified atom stereocenters. The van der Waals surface area contributed by atoms with Gasteiger partial charge in [-0.15, -0.1) is 0 Å². The molecule has 0 saturated carbocycles. The van der Waals surface area contributed by atoms with Gasteiger partial charge in [0.2, 0.25) is 11.8 Å². The third kappa shape index (κ3) is 4.10. The summed E-state index contributed by atoms with van der Waals surface area (Å²) in [7, 11) is 0. The van der Waals surface area contributed by atoms with Crippen LogP contribution in [-0.4, -0.2) is 17.7 Å². The number of benzene rings is 3. The maximum atomic E-state index is 12.8. The van der Waals surface area contributed by atoms with E-state index in [-0.39, 0.29) is 30.1 Å². The molecular formula is C25H24N2O3. The topological polar surface area (TPSA) is 75.3 Å². The summed E-state index contributed by atoms with van der Waals surface area (Å²) in [5, 5.41) is 7.74. The molecule has 3 aromatic carbocycles. The van der Waals surface area contributed by atoms with E-state index in [9.17, 15) is 14.4 Å². The molecule has 0 bridgehead atoms. The number of fused-ring (bicyclic) bond motifs is 1. The lowest BCUT2D eigenvalue weighted by atomic mass is 9.91. The van der Waals surface area contributed by atoms with E-state index in [2.05, 4.69) is 34.9 Å². The van der Waals surface area contributed by atoms with Crippen molar-refractivity contribution in [1.82, 2.24) is 10.6 Å². The van der Waals surface area contributed by atoms with Gasteiger partial charge in [-0.2, -0.15) is 0 Å². The molecule has 4 rings (SSSR count). The van der Waals surface area contributed by atoms with Gasteiger partial charge in [0.05, 0.1) is 11.5 Å². The lowest BCUT2D eigenvalue weighted by Gasteiger charge is -2.27. The molecule has 3 aromatic rings. The molecule has 1 fully saturated rings. The monoisotopic (exact) mass is 400 g/mol. The summed E-state index contributed by atoms with van der Waals surface area (Å²) < 4.78 is 0. The Morgan fingerprint density at radius 2 is 1.70 bits per heavy atom. The minimum atomic E-state index is -0.540. The van der Waals surface area contributed by atoms with Crippen LogP contribution in [0.4, 0.5) is 0 Å². The van der Waals surface area contributed by atoms with Crippen LogP contribution in [0.5, 0.6) is 0 Å². The van der Waals surface area contributed by atoms with Gasteiger partial charge >= 0.3 is 0 Å². The maximum Gasteiger partial charge on any atom is 0.251 e. The molecule has 5 nitrogen and oxygen atoms in total. The van der Waals surface area contributed by atoms with E-state index in [0.717, 1.165) is 21.9 Å². The molecule has 5 heteroatoms. The Morgan fingerprint density at radius 1 is 1.00 bits per heavy atom. The van der Waals surface area contributed by atoms with Crippen molar-refractivity contribution < 1.29 is 14.4 Å². The first-order chi connectivity index (χ1) is 14.3. The van der Waals surface area contributed by atoms with Crippen molar-refractivity contribution in [2.75, 3.05) is 0 Å². The van der Waals surface area contributed by atoms with E-state index in [4.69, 9.17) is 0 Å². The third-order valence-electron chi connectivity index (χ3n) is 5.66. The van der Waals surface area contributed by atoms with Crippen molar-refractivity contribution in [3.63, 3.8) is 0 Å². The molecule has 30 heavy (non-hydrogen) atoms. The highest BCUT2D eigenvalue weighted by Crippen LogP contribution is 2.25. The first kappa shape index (κ1) is 19.8. The lowest BCUT2D eigenvalue weighted by Crippen LogP contribution is -2.41. The Morgan fingerprint density at radius 3 is 2.37 bits per heavy atom. The number of carbonyl (C=O) groups excluding carboxylic acids is 3. The fourth-order valence-corrected chi connectivity index (χ4v) is 3.85. The lowest BCUT2D eigenvalue weighted by molar-refractivity contribution is -0.125. The molecule has 0 spiro atoms. The minimum Gasteiger partial charge on any atom is -0.343 e. The van der Waals surface area contributed by atoms with Gasteiger partial charge in [-0.3, -0.25) is 19.7 Å². The predicted octanol–water partition coefficient (Wildman–Crippen LogP) is 3.71. The number of carbonyl (C=O) groups is 3. The van der Waals surface area contributed by atoms with E-state index in [1.165, 1.54) is 0 Å². The normalized spacial score (nSPS) is 16.5. The van der Waals surface area contributed by atoms with Gasteiger partial charge < -0.3 is 5.32 Å². The van der Waals surface area contributed by atoms with Crippen molar-refractivity contribution in [2.24, 2.45) is 5.92 Å². The van der Waals surface area contributed by atoms with Gasteiger partial charge in [0, 0.05) is 12.0 Å². The van der Waals surface area contributed by atoms with Crippen LogP contribution < -0.4 is 10.6 Å². The molecular weight excluding hydrogens is 376 g/mol. The molecule has 2 N–H and O–H groups in total. The predicted molar refractivity (Wildman–Crippen MR) is 116 cm³/mol. The first-order valence-electron chi connectivity index (χ1n) is 10.1. The molecule has 1 saturated heterocycles. The van der Waals surface area contributed by atoms with Crippen molar-refractivity contribution >= 4 is 28.5 Å². The second-order valence-corrected chi connectivity index (χ2v) is 8.36. The summed E-state index contributed by atoms with van der Waals surface area (Å²) in [4.78, 5) is 35.9. The van der Waals surface area contributed by atoms with Crippen LogP contribution in [0.2, 0.25) is 0 Å². The van der Waals surface area contributed by atoms with Crippen molar-refractivity contribution in [3.05, 3.63) is 83.4 Å². The Balaban J connectivity index is 1.45. The molecule has 0 aromatic heterocycles. The van der Waals surface area contributed by atoms with E-state index in [1.54, 1.807) is 12.1 Å². The van der Waals surface area contributed by atoms with Gasteiger partial charge in [0.15, 0.2) is 0 Å². The van der Waals surface area contributed by atoms with Gasteiger partial charge in [-0.25, -0.2) is 0 Å². The second-order valence-electron chi connectivity index (χ2n) is 8.36. The van der Waals surface area contributed by atoms with Crippen molar-refractivity contribution in [1.29, 1.82) is 0 Å². The number of hydrogen-bond acceptors (Lipinski definition) is 3. The number of nitrogens with one attached hydrogen (secondary N) is 2. The highest BCUT2D eigenvalue weighted by molar-refractivity contribution is 6.03. The third-order valence-corrected chi connectivity index (χ3v) is 5.66. The molecule has 1 aliphatic heterocycles. The molecule has 0 radical (unpaired) electrons. The van der Waals surface area contributed by atoms with Crippen LogP contribution in [0.25, 0.3) is 10.8 Å². The van der Waals surface area contributed by atoms with Gasteiger partial charge in [-0.05, 0) is 60.4 Å². The SMILES string of the molecule is CC(C)(NC(=O)c1ccc(CC2CC(=O)NC2=O)cc1)c1ccc2ccccc2c1. The van der Waals surface area contributed by atoms with Gasteiger partial charge in [0.25, 0.3) is 5.91 Å². The highest BCUT2D eigenvalue weighted by Gasteiger charge is 2.30. The zero-order chi connectivity index (χ0) is 21.3. The molecule has 3 amide bonds. The Kier molecular flexibility index (Phi) is 5.12. The van der Waals surface area contributed by atoms with Gasteiger partial charge in [-0.1, -0.05) is 48.5 Å². The highest BCUT2D eigenvalue weighted by atomic mass is 16.2. The molecule has 1 heterocycles. The first-order valence-corrected chi connectivity index (χ1v) is 10.1. The molecule has 152 valence electrons. The zero-order valence-corrected chi connectivity index (χ0v) is 17.1. The fraction of sp³-hybridized carbons (Fsp3) is 0.240. The van der Waals surface area contributed by atoms with E-state index in [0.29, 0.717) is 12.0 Å². The Labute approximate surface area is 175 Å². The van der Waals surface area contributed by atoms with E-state index >= 15 is 0 Å². The Hall–Kier alpha value is -3.47. The summed E-state index contributed by atoms with van der Waals surface area (Å²) in [5.41, 5.74) is 1.97. The molecule has 1 aliphatic rings. The summed E-state index contributed by atoms with van der Waals surface area (Å²) >= 11 is 0. The summed E-state index contributed by atoms with van der Waals surface area (Å²) in [6.45, 7) is 3.97. The van der Waals surface area contributed by atoms with Crippen LogP contribution in [0.1, 0.15) is 41.8 Å². The summed E-state index contributed by atoms with van der Waals surface area (Å²) in [6.07, 6.45) is 0.711. The summed E-state index contributed by atoms with van der Waals surface area (Å²) in [5.74, 6) is -0.937. The smallest absolute Gasteiger partial charge is 0.251 e. The van der Waals surface area contributed by atoms with Gasteiger partial charge in [0.1, 0.15) is 0 Å². The number of hydrogen-bond donors (Lipinski definition) is 2. The average Bonchev–Trinajstić information content (AvgIpc) is 3.04. The average molecular weight is 400 g/mol. The standard InChI is InChI=1S/C25H24N2O3/c1-25(2,21-12-11-17-5-3-4-6-19(17)14-21)27-24(30)18-9-7-16(8-10-18)13-20-15-22(28)26-23(20)29/h3-12,14,20H,13,15H2,1-2H3,(H,27,30)(H,26,28,29).